The van der Waals surface area contributed by atoms with Gasteiger partial charge in [-0.25, -0.2) is 4.98 Å². The van der Waals surface area contributed by atoms with Gasteiger partial charge in [-0.3, -0.25) is 0 Å². The second kappa shape index (κ2) is 5.33. The number of fused-ring (bicyclic) bond motifs is 1. The lowest BCUT2D eigenvalue weighted by molar-refractivity contribution is 0.485. The Morgan fingerprint density at radius 3 is 2.88 bits per heavy atom. The first-order valence-corrected chi connectivity index (χ1v) is 6.56. The Bertz CT molecular complexity index is 343. The van der Waals surface area contributed by atoms with Crippen LogP contribution in [-0.4, -0.2) is 11.5 Å². The summed E-state index contributed by atoms with van der Waals surface area (Å²) in [5.41, 5.74) is 2.64. The smallest absolute Gasteiger partial charge is 0.129 e. The van der Waals surface area contributed by atoms with Crippen LogP contribution in [0.4, 0.5) is 5.82 Å². The van der Waals surface area contributed by atoms with Crippen LogP contribution in [-0.2, 0) is 12.8 Å². The molecule has 1 aromatic heterocycles. The summed E-state index contributed by atoms with van der Waals surface area (Å²) in [6.45, 7) is 5.62. The van der Waals surface area contributed by atoms with Crippen molar-refractivity contribution in [2.24, 2.45) is 5.92 Å². The van der Waals surface area contributed by atoms with Gasteiger partial charge in [0.15, 0.2) is 0 Å². The normalized spacial score (nSPS) is 14.7. The Morgan fingerprint density at radius 2 is 2.12 bits per heavy atom. The molecule has 0 radical (unpaired) electrons. The van der Waals surface area contributed by atoms with E-state index in [0.29, 0.717) is 0 Å². The standard InChI is InChI=1S/C14H22N2/c1-3-11(4-2)10-13-8-7-12-6-5-9-15-14(12)16-13/h7-8,11H,3-6,9-10H2,1-2H3,(H,15,16). The minimum Gasteiger partial charge on any atom is -0.370 e. The topological polar surface area (TPSA) is 24.9 Å². The van der Waals surface area contributed by atoms with Crippen LogP contribution in [0.1, 0.15) is 44.4 Å². The number of nitrogens with one attached hydrogen (secondary N) is 1. The summed E-state index contributed by atoms with van der Waals surface area (Å²) < 4.78 is 0. The summed E-state index contributed by atoms with van der Waals surface area (Å²) in [4.78, 5) is 4.74. The van der Waals surface area contributed by atoms with E-state index in [-0.39, 0.29) is 0 Å². The van der Waals surface area contributed by atoms with Gasteiger partial charge in [0.1, 0.15) is 5.82 Å². The van der Waals surface area contributed by atoms with Crippen molar-refractivity contribution in [3.8, 4) is 0 Å². The minimum atomic E-state index is 0.786. The fourth-order valence-corrected chi connectivity index (χ4v) is 2.36. The maximum absolute atomic E-state index is 4.74. The zero-order valence-corrected chi connectivity index (χ0v) is 10.4. The van der Waals surface area contributed by atoms with E-state index in [1.54, 1.807) is 0 Å². The van der Waals surface area contributed by atoms with Crippen molar-refractivity contribution in [1.82, 2.24) is 4.98 Å². The molecule has 0 aliphatic carbocycles. The minimum absolute atomic E-state index is 0.786. The molecule has 0 unspecified atom stereocenters. The van der Waals surface area contributed by atoms with Crippen LogP contribution in [0.5, 0.6) is 0 Å². The first-order chi connectivity index (χ1) is 7.83. The third-order valence-corrected chi connectivity index (χ3v) is 3.60. The van der Waals surface area contributed by atoms with Crippen LogP contribution in [0, 0.1) is 5.92 Å². The van der Waals surface area contributed by atoms with Gasteiger partial charge in [-0.2, -0.15) is 0 Å². The summed E-state index contributed by atoms with van der Waals surface area (Å²) in [6, 6.07) is 4.47. The van der Waals surface area contributed by atoms with Gasteiger partial charge in [-0.15, -0.1) is 0 Å². The molecule has 2 heterocycles. The fraction of sp³-hybridized carbons (Fsp3) is 0.643. The summed E-state index contributed by atoms with van der Waals surface area (Å²) in [7, 11) is 0. The molecule has 1 N–H and O–H groups in total. The quantitative estimate of drug-likeness (QED) is 0.837. The Balaban J connectivity index is 2.10. The number of aryl methyl sites for hydroxylation is 1. The molecule has 0 bridgehead atoms. The van der Waals surface area contributed by atoms with Crippen LogP contribution >= 0.6 is 0 Å². The summed E-state index contributed by atoms with van der Waals surface area (Å²) in [5.74, 6) is 1.92. The van der Waals surface area contributed by atoms with E-state index < -0.39 is 0 Å². The average Bonchev–Trinajstić information content (AvgIpc) is 2.35. The highest BCUT2D eigenvalue weighted by Crippen LogP contribution is 2.22. The second-order valence-corrected chi connectivity index (χ2v) is 4.73. The summed E-state index contributed by atoms with van der Waals surface area (Å²) in [5, 5.41) is 3.40. The number of hydrogen-bond acceptors (Lipinski definition) is 2. The first kappa shape index (κ1) is 11.4. The Kier molecular flexibility index (Phi) is 3.81. The van der Waals surface area contributed by atoms with Gasteiger partial charge >= 0.3 is 0 Å². The number of hydrogen-bond donors (Lipinski definition) is 1. The predicted octanol–water partition coefficient (Wildman–Crippen LogP) is 3.42. The van der Waals surface area contributed by atoms with E-state index in [1.807, 2.05) is 0 Å². The Hall–Kier alpha value is -1.05. The highest BCUT2D eigenvalue weighted by atomic mass is 15.0. The van der Waals surface area contributed by atoms with Crippen molar-refractivity contribution < 1.29 is 0 Å². The van der Waals surface area contributed by atoms with E-state index in [1.165, 1.54) is 36.9 Å². The highest BCUT2D eigenvalue weighted by molar-refractivity contribution is 5.47. The molecule has 0 spiro atoms. The monoisotopic (exact) mass is 218 g/mol. The molecule has 1 aliphatic rings. The third kappa shape index (κ3) is 2.55. The third-order valence-electron chi connectivity index (χ3n) is 3.60. The van der Waals surface area contributed by atoms with Crippen molar-refractivity contribution >= 4 is 5.82 Å². The number of anilines is 1. The van der Waals surface area contributed by atoms with Crippen molar-refractivity contribution in [2.75, 3.05) is 11.9 Å². The first-order valence-electron chi connectivity index (χ1n) is 6.56. The van der Waals surface area contributed by atoms with E-state index in [0.717, 1.165) is 24.7 Å². The van der Waals surface area contributed by atoms with E-state index in [4.69, 9.17) is 4.98 Å². The second-order valence-electron chi connectivity index (χ2n) is 4.73. The van der Waals surface area contributed by atoms with Gasteiger partial charge in [0.05, 0.1) is 0 Å². The molecule has 1 aromatic rings. The van der Waals surface area contributed by atoms with Gasteiger partial charge in [0, 0.05) is 12.2 Å². The van der Waals surface area contributed by atoms with Crippen LogP contribution in [0.2, 0.25) is 0 Å². The zero-order chi connectivity index (χ0) is 11.4. The average molecular weight is 218 g/mol. The van der Waals surface area contributed by atoms with E-state index >= 15 is 0 Å². The predicted molar refractivity (Wildman–Crippen MR) is 68.8 cm³/mol. The molecule has 0 fully saturated rings. The maximum atomic E-state index is 4.74. The van der Waals surface area contributed by atoms with Gasteiger partial charge in [-0.05, 0) is 36.8 Å². The lowest BCUT2D eigenvalue weighted by Gasteiger charge is -2.18. The Labute approximate surface area is 98.5 Å². The fourth-order valence-electron chi connectivity index (χ4n) is 2.36. The number of rotatable bonds is 4. The summed E-state index contributed by atoms with van der Waals surface area (Å²) in [6.07, 6.45) is 6.05. The number of aromatic nitrogens is 1. The van der Waals surface area contributed by atoms with Crippen molar-refractivity contribution in [1.29, 1.82) is 0 Å². The number of pyridine rings is 1. The van der Waals surface area contributed by atoms with Crippen LogP contribution in [0.3, 0.4) is 0 Å². The highest BCUT2D eigenvalue weighted by Gasteiger charge is 2.12. The molecule has 0 aromatic carbocycles. The molecule has 16 heavy (non-hydrogen) atoms. The van der Waals surface area contributed by atoms with E-state index in [2.05, 4.69) is 31.3 Å². The van der Waals surface area contributed by atoms with Crippen LogP contribution in [0.25, 0.3) is 0 Å². The molecule has 2 heteroatoms. The molecule has 88 valence electrons. The maximum Gasteiger partial charge on any atom is 0.129 e. The van der Waals surface area contributed by atoms with Gasteiger partial charge in [0.25, 0.3) is 0 Å². The molecule has 0 amide bonds. The lowest BCUT2D eigenvalue weighted by atomic mass is 9.96. The summed E-state index contributed by atoms with van der Waals surface area (Å²) >= 11 is 0. The largest absolute Gasteiger partial charge is 0.370 e. The van der Waals surface area contributed by atoms with Crippen molar-refractivity contribution in [3.63, 3.8) is 0 Å². The van der Waals surface area contributed by atoms with Gasteiger partial charge in [0.2, 0.25) is 0 Å². The molecular formula is C14H22N2. The van der Waals surface area contributed by atoms with Crippen LogP contribution in [0.15, 0.2) is 12.1 Å². The molecule has 0 saturated carbocycles. The molecular weight excluding hydrogens is 196 g/mol. The van der Waals surface area contributed by atoms with Crippen molar-refractivity contribution in [3.05, 3.63) is 23.4 Å². The van der Waals surface area contributed by atoms with Gasteiger partial charge in [-0.1, -0.05) is 32.8 Å². The lowest BCUT2D eigenvalue weighted by Crippen LogP contribution is -2.14. The number of nitrogens with zero attached hydrogens (tertiary/aromatic N) is 1. The van der Waals surface area contributed by atoms with Crippen LogP contribution < -0.4 is 5.32 Å². The molecule has 2 nitrogen and oxygen atoms in total. The van der Waals surface area contributed by atoms with Crippen molar-refractivity contribution in [2.45, 2.75) is 46.0 Å². The SMILES string of the molecule is CCC(CC)Cc1ccc2c(n1)NCCC2. The molecule has 1 aliphatic heterocycles. The van der Waals surface area contributed by atoms with E-state index in [9.17, 15) is 0 Å². The van der Waals surface area contributed by atoms with Gasteiger partial charge < -0.3 is 5.32 Å². The Morgan fingerprint density at radius 1 is 1.31 bits per heavy atom. The molecule has 2 rings (SSSR count). The molecule has 0 atom stereocenters. The molecule has 0 saturated heterocycles. The zero-order valence-electron chi connectivity index (χ0n) is 10.4.